The number of nitrogens with zero attached hydrogens (tertiary/aromatic N) is 3. The second-order valence-electron chi connectivity index (χ2n) is 22.1. The Balaban J connectivity index is 0.996. The van der Waals surface area contributed by atoms with E-state index in [0.29, 0.717) is 66.7 Å². The third-order valence-electron chi connectivity index (χ3n) is 18.0. The largest absolute Gasteiger partial charge is 0.273 e. The normalized spacial score (nSPS) is 16.9. The number of benzene rings is 6. The molecule has 3 aliphatic heterocycles. The molecule has 0 bridgehead atoms. The van der Waals surface area contributed by atoms with Gasteiger partial charge in [0.2, 0.25) is 11.8 Å². The standard InChI is InChI=1S/C65H67N3O6S2/c1-13-15-17-19-21-41(22-20-18-16-14-2)66-60(69)46-27-23-42-44-25-29-48-55-49(30-26-45(53(44)55)43-24-28-47(61(66)70)54(46)52(42)43)63(72)67(62(48)71)58-31(3)33(5)59(34(6)32(58)4)68-64(73)56(50-35(7)37(9)75-39(50)11)57(65(68)74)51-36(8)38(10)76-40(51)12/h23-30,41,56-57H,13-22H2,1-12H3. The van der Waals surface area contributed by atoms with Crippen molar-refractivity contribution in [3.8, 4) is 0 Å². The summed E-state index contributed by atoms with van der Waals surface area (Å²) in [6, 6.07) is 15.0. The second kappa shape index (κ2) is 19.2. The SMILES string of the molecule is CCCCCCC(CCCCCC)N1C(=O)c2ccc3c4ccc5c6c(ccc(c7ccc(c2c37)C1=O)c64)C(=O)N(c1c(C)c(C)c(N2C(=O)C(c3c(C)sc(C)c3C)C(c3c(C)sc(C)c3C)C2=O)c(C)c1C)C5=O. The van der Waals surface area contributed by atoms with Gasteiger partial charge in [-0.3, -0.25) is 33.7 Å². The summed E-state index contributed by atoms with van der Waals surface area (Å²) >= 11 is 3.31. The fraction of sp³-hybridized carbons (Fsp3) is 0.385. The van der Waals surface area contributed by atoms with Crippen molar-refractivity contribution in [2.75, 3.05) is 9.80 Å². The molecular formula is C65H67N3O6S2. The summed E-state index contributed by atoms with van der Waals surface area (Å²) in [4.78, 5) is 99.2. The number of anilines is 2. The van der Waals surface area contributed by atoms with Gasteiger partial charge in [0.25, 0.3) is 23.6 Å². The molecule has 0 spiro atoms. The third kappa shape index (κ3) is 7.34. The number of hydrogen-bond donors (Lipinski definition) is 0. The Bertz CT molecular complexity index is 3640. The van der Waals surface area contributed by atoms with Gasteiger partial charge in [0.1, 0.15) is 0 Å². The molecule has 0 saturated carbocycles. The van der Waals surface area contributed by atoms with Crippen LogP contribution < -0.4 is 9.80 Å². The van der Waals surface area contributed by atoms with E-state index in [0.717, 1.165) is 138 Å². The molecule has 76 heavy (non-hydrogen) atoms. The highest BCUT2D eigenvalue weighted by molar-refractivity contribution is 7.12. The smallest absolute Gasteiger partial charge is 0.266 e. The van der Waals surface area contributed by atoms with Crippen LogP contribution in [0.25, 0.3) is 43.1 Å². The van der Waals surface area contributed by atoms with Gasteiger partial charge in [-0.2, -0.15) is 0 Å². The number of amides is 6. The maximum absolute atomic E-state index is 15.3. The Labute approximate surface area is 453 Å². The average molecular weight is 1050 g/mol. The van der Waals surface area contributed by atoms with Crippen molar-refractivity contribution in [1.29, 1.82) is 0 Å². The first kappa shape index (κ1) is 51.5. The molecule has 1 saturated heterocycles. The van der Waals surface area contributed by atoms with Crippen LogP contribution in [0.15, 0.2) is 48.5 Å². The van der Waals surface area contributed by atoms with Crippen molar-refractivity contribution in [3.63, 3.8) is 0 Å². The van der Waals surface area contributed by atoms with Crippen LogP contribution in [0.4, 0.5) is 11.4 Å². The van der Waals surface area contributed by atoms with Gasteiger partial charge in [0.05, 0.1) is 23.2 Å². The number of aryl methyl sites for hydroxylation is 4. The van der Waals surface area contributed by atoms with Crippen LogP contribution in [-0.4, -0.2) is 46.4 Å². The molecule has 3 aliphatic rings. The molecule has 6 aromatic carbocycles. The number of unbranched alkanes of at least 4 members (excludes halogenated alkanes) is 6. The lowest BCUT2D eigenvalue weighted by Gasteiger charge is -2.35. The third-order valence-corrected chi connectivity index (χ3v) is 20.2. The molecule has 11 rings (SSSR count). The van der Waals surface area contributed by atoms with E-state index in [-0.39, 0.29) is 29.7 Å². The molecule has 0 aliphatic carbocycles. The van der Waals surface area contributed by atoms with E-state index < -0.39 is 23.7 Å². The summed E-state index contributed by atoms with van der Waals surface area (Å²) in [5, 5.41) is 6.21. The highest BCUT2D eigenvalue weighted by Crippen LogP contribution is 2.53. The zero-order chi connectivity index (χ0) is 54.1. The Hall–Kier alpha value is -6.56. The number of hydrogen-bond acceptors (Lipinski definition) is 8. The molecule has 390 valence electrons. The van der Waals surface area contributed by atoms with Crippen molar-refractivity contribution < 1.29 is 28.8 Å². The monoisotopic (exact) mass is 1050 g/mol. The highest BCUT2D eigenvalue weighted by atomic mass is 32.1. The van der Waals surface area contributed by atoms with Crippen LogP contribution in [0.1, 0.15) is 195 Å². The lowest BCUT2D eigenvalue weighted by molar-refractivity contribution is -0.121. The zero-order valence-electron chi connectivity index (χ0n) is 46.0. The highest BCUT2D eigenvalue weighted by Gasteiger charge is 2.53. The Morgan fingerprint density at radius 3 is 1.07 bits per heavy atom. The molecule has 1 fully saturated rings. The maximum atomic E-state index is 15.3. The zero-order valence-corrected chi connectivity index (χ0v) is 47.7. The van der Waals surface area contributed by atoms with Crippen molar-refractivity contribution in [2.45, 2.75) is 165 Å². The van der Waals surface area contributed by atoms with Gasteiger partial charge in [-0.05, 0) is 183 Å². The van der Waals surface area contributed by atoms with E-state index in [2.05, 4.69) is 27.7 Å². The molecule has 2 atom stereocenters. The van der Waals surface area contributed by atoms with Crippen LogP contribution >= 0.6 is 22.7 Å². The van der Waals surface area contributed by atoms with Gasteiger partial charge in [-0.1, -0.05) is 89.5 Å². The van der Waals surface area contributed by atoms with Crippen LogP contribution in [0.2, 0.25) is 0 Å². The van der Waals surface area contributed by atoms with E-state index in [9.17, 15) is 9.59 Å². The first-order valence-corrected chi connectivity index (χ1v) is 29.1. The van der Waals surface area contributed by atoms with Crippen LogP contribution in [0, 0.1) is 69.2 Å². The summed E-state index contributed by atoms with van der Waals surface area (Å²) in [5.74, 6) is -3.36. The number of rotatable bonds is 15. The Morgan fingerprint density at radius 2 is 0.737 bits per heavy atom. The minimum Gasteiger partial charge on any atom is -0.273 e. The Kier molecular flexibility index (Phi) is 13.0. The topological polar surface area (TPSA) is 112 Å². The van der Waals surface area contributed by atoms with Gasteiger partial charge in [-0.15, -0.1) is 22.7 Å². The van der Waals surface area contributed by atoms with E-state index >= 15 is 19.2 Å². The predicted octanol–water partition coefficient (Wildman–Crippen LogP) is 16.1. The fourth-order valence-corrected chi connectivity index (χ4v) is 16.0. The van der Waals surface area contributed by atoms with Crippen molar-refractivity contribution in [2.24, 2.45) is 0 Å². The average Bonchev–Trinajstić information content (AvgIpc) is 4.06. The quantitative estimate of drug-likeness (QED) is 0.0437. The summed E-state index contributed by atoms with van der Waals surface area (Å²) in [5.41, 5.74) is 9.24. The summed E-state index contributed by atoms with van der Waals surface area (Å²) in [6.07, 6.45) is 10.2. The number of carbonyl (C=O) groups excluding carboxylic acids is 6. The number of imide groups is 3. The number of carbonyl (C=O) groups is 6. The van der Waals surface area contributed by atoms with E-state index in [1.54, 1.807) is 39.7 Å². The first-order valence-electron chi connectivity index (χ1n) is 27.4. The van der Waals surface area contributed by atoms with Crippen LogP contribution in [0.3, 0.4) is 0 Å². The molecule has 8 aromatic rings. The fourth-order valence-electron chi connectivity index (χ4n) is 13.8. The molecule has 0 radical (unpaired) electrons. The van der Waals surface area contributed by atoms with E-state index in [1.807, 2.05) is 91.8 Å². The molecule has 5 heterocycles. The van der Waals surface area contributed by atoms with E-state index in [1.165, 1.54) is 9.80 Å². The van der Waals surface area contributed by atoms with Gasteiger partial charge >= 0.3 is 0 Å². The Morgan fingerprint density at radius 1 is 0.395 bits per heavy atom. The first-order chi connectivity index (χ1) is 36.4. The summed E-state index contributed by atoms with van der Waals surface area (Å²) in [6.45, 7) is 24.2. The van der Waals surface area contributed by atoms with Gasteiger partial charge in [0.15, 0.2) is 0 Å². The van der Waals surface area contributed by atoms with E-state index in [4.69, 9.17) is 0 Å². The minimum atomic E-state index is -0.713. The van der Waals surface area contributed by atoms with Crippen LogP contribution in [-0.2, 0) is 9.59 Å². The molecular weight excluding hydrogens is 983 g/mol. The van der Waals surface area contributed by atoms with Gasteiger partial charge in [0, 0.05) is 58.6 Å². The summed E-state index contributed by atoms with van der Waals surface area (Å²) < 4.78 is 0. The number of fused-ring (bicyclic) bond motifs is 2. The molecule has 9 nitrogen and oxygen atoms in total. The van der Waals surface area contributed by atoms with Gasteiger partial charge in [-0.25, -0.2) is 9.80 Å². The number of thiophene rings is 2. The van der Waals surface area contributed by atoms with Crippen molar-refractivity contribution >= 4 is 113 Å². The predicted molar refractivity (Wildman–Crippen MR) is 311 cm³/mol. The lowest BCUT2D eigenvalue weighted by atomic mass is 9.80. The molecule has 0 N–H and O–H groups in total. The second-order valence-corrected chi connectivity index (χ2v) is 24.9. The van der Waals surface area contributed by atoms with Crippen LogP contribution in [0.5, 0.6) is 0 Å². The maximum Gasteiger partial charge on any atom is 0.266 e. The minimum absolute atomic E-state index is 0.169. The molecule has 2 unspecified atom stereocenters. The molecule has 11 heteroatoms. The van der Waals surface area contributed by atoms with Gasteiger partial charge < -0.3 is 0 Å². The van der Waals surface area contributed by atoms with Crippen molar-refractivity contribution in [3.05, 3.63) is 135 Å². The molecule has 2 aromatic heterocycles. The van der Waals surface area contributed by atoms with Crippen molar-refractivity contribution in [1.82, 2.24) is 4.90 Å². The summed E-state index contributed by atoms with van der Waals surface area (Å²) in [7, 11) is 0. The molecule has 6 amide bonds. The lowest BCUT2D eigenvalue weighted by Crippen LogP contribution is -2.47.